The third kappa shape index (κ3) is 2.09. The van der Waals surface area contributed by atoms with E-state index in [1.807, 2.05) is 0 Å². The predicted octanol–water partition coefficient (Wildman–Crippen LogP) is 1.58. The Morgan fingerprint density at radius 2 is 1.85 bits per heavy atom. The Kier molecular flexibility index (Phi) is 3.08. The van der Waals surface area contributed by atoms with E-state index < -0.39 is 6.10 Å². The molecular formula is C7H7Cl2N3O. The van der Waals surface area contributed by atoms with Crippen LogP contribution in [-0.2, 0) is 0 Å². The summed E-state index contributed by atoms with van der Waals surface area (Å²) in [4.78, 5) is 7.29. The monoisotopic (exact) mass is 219 g/mol. The van der Waals surface area contributed by atoms with Crippen molar-refractivity contribution in [3.63, 3.8) is 0 Å². The van der Waals surface area contributed by atoms with Crippen molar-refractivity contribution in [1.29, 1.82) is 0 Å². The van der Waals surface area contributed by atoms with Crippen LogP contribution in [0.3, 0.4) is 0 Å². The van der Waals surface area contributed by atoms with Gasteiger partial charge in [-0.25, -0.2) is 9.97 Å². The van der Waals surface area contributed by atoms with Gasteiger partial charge < -0.3 is 10.8 Å². The van der Waals surface area contributed by atoms with E-state index in [0.29, 0.717) is 0 Å². The molecule has 70 valence electrons. The first-order valence-electron chi connectivity index (χ1n) is 3.35. The van der Waals surface area contributed by atoms with Crippen molar-refractivity contribution in [2.24, 2.45) is 0 Å². The number of hydrogen-bond acceptors (Lipinski definition) is 4. The number of aliphatic hydroxyl groups excluding tert-OH is 1. The molecule has 1 rings (SSSR count). The molecule has 0 saturated carbocycles. The topological polar surface area (TPSA) is 72.0 Å². The average molecular weight is 220 g/mol. The molecule has 0 aliphatic carbocycles. The predicted molar refractivity (Wildman–Crippen MR) is 51.6 cm³/mol. The maximum atomic E-state index is 9.37. The third-order valence-electron chi connectivity index (χ3n) is 1.39. The number of nitrogens with two attached hydrogens (primary N) is 1. The largest absolute Gasteiger partial charge is 0.384 e. The van der Waals surface area contributed by atoms with Crippen LogP contribution in [0.2, 0.25) is 10.3 Å². The molecule has 1 atom stereocenters. The van der Waals surface area contributed by atoms with Crippen LogP contribution in [0.25, 0.3) is 0 Å². The molecule has 0 aromatic carbocycles. The Balaban J connectivity index is 3.28. The Labute approximate surface area is 85.0 Å². The fourth-order valence-electron chi connectivity index (χ4n) is 0.794. The Hall–Kier alpha value is -0.840. The fourth-order valence-corrected chi connectivity index (χ4v) is 1.42. The minimum absolute atomic E-state index is 0.0323. The molecule has 1 heterocycles. The number of nitrogens with zero attached hydrogens (tertiary/aromatic N) is 2. The summed E-state index contributed by atoms with van der Waals surface area (Å²) in [5.74, 6) is -0.0324. The number of aromatic nitrogens is 2. The Morgan fingerprint density at radius 3 is 2.23 bits per heavy atom. The van der Waals surface area contributed by atoms with Crippen LogP contribution in [0.5, 0.6) is 0 Å². The van der Waals surface area contributed by atoms with Gasteiger partial charge in [-0.15, -0.1) is 6.58 Å². The highest BCUT2D eigenvalue weighted by Gasteiger charge is 2.15. The third-order valence-corrected chi connectivity index (χ3v) is 1.97. The molecule has 1 aromatic rings. The maximum absolute atomic E-state index is 9.37. The van der Waals surface area contributed by atoms with Crippen LogP contribution in [0.1, 0.15) is 11.7 Å². The second kappa shape index (κ2) is 3.91. The molecule has 3 N–H and O–H groups in total. The second-order valence-electron chi connectivity index (χ2n) is 2.26. The SMILES string of the molecule is C=CC(O)c1c(Cl)nc(N)nc1Cl. The lowest BCUT2D eigenvalue weighted by Crippen LogP contribution is -2.03. The molecule has 0 saturated heterocycles. The molecule has 0 amide bonds. The first-order valence-corrected chi connectivity index (χ1v) is 4.11. The molecule has 0 aliphatic rings. The van der Waals surface area contributed by atoms with Crippen molar-refractivity contribution >= 4 is 29.2 Å². The van der Waals surface area contributed by atoms with Gasteiger partial charge in [0.1, 0.15) is 16.4 Å². The molecule has 13 heavy (non-hydrogen) atoms. The summed E-state index contributed by atoms with van der Waals surface area (Å²) in [5, 5.41) is 9.44. The minimum atomic E-state index is -0.986. The first-order chi connectivity index (χ1) is 6.06. The lowest BCUT2D eigenvalue weighted by Gasteiger charge is -2.08. The summed E-state index contributed by atoms with van der Waals surface area (Å²) in [6, 6.07) is 0. The molecule has 4 nitrogen and oxygen atoms in total. The summed E-state index contributed by atoms with van der Waals surface area (Å²) in [6.45, 7) is 3.39. The van der Waals surface area contributed by atoms with Gasteiger partial charge in [0.05, 0.1) is 5.56 Å². The quantitative estimate of drug-likeness (QED) is 0.586. The number of aliphatic hydroxyl groups is 1. The van der Waals surface area contributed by atoms with Gasteiger partial charge in [0.25, 0.3) is 0 Å². The summed E-state index contributed by atoms with van der Waals surface area (Å²) in [6.07, 6.45) is 0.285. The molecular weight excluding hydrogens is 213 g/mol. The van der Waals surface area contributed by atoms with E-state index in [4.69, 9.17) is 28.9 Å². The van der Waals surface area contributed by atoms with Crippen molar-refractivity contribution in [3.8, 4) is 0 Å². The summed E-state index contributed by atoms with van der Waals surface area (Å²) >= 11 is 11.4. The van der Waals surface area contributed by atoms with Crippen molar-refractivity contribution in [3.05, 3.63) is 28.5 Å². The van der Waals surface area contributed by atoms with Crippen LogP contribution in [-0.4, -0.2) is 15.1 Å². The molecule has 0 aliphatic heterocycles. The van der Waals surface area contributed by atoms with Crippen LogP contribution in [0.15, 0.2) is 12.7 Å². The van der Waals surface area contributed by atoms with E-state index >= 15 is 0 Å². The van der Waals surface area contributed by atoms with E-state index in [0.717, 1.165) is 0 Å². The molecule has 0 radical (unpaired) electrons. The van der Waals surface area contributed by atoms with Gasteiger partial charge in [0.15, 0.2) is 0 Å². The maximum Gasteiger partial charge on any atom is 0.222 e. The molecule has 1 unspecified atom stereocenters. The van der Waals surface area contributed by atoms with Gasteiger partial charge in [-0.2, -0.15) is 0 Å². The molecule has 6 heteroatoms. The highest BCUT2D eigenvalue weighted by Crippen LogP contribution is 2.28. The smallest absolute Gasteiger partial charge is 0.222 e. The summed E-state index contributed by atoms with van der Waals surface area (Å²) in [5.41, 5.74) is 5.49. The van der Waals surface area contributed by atoms with Crippen molar-refractivity contribution in [2.45, 2.75) is 6.10 Å². The highest BCUT2D eigenvalue weighted by atomic mass is 35.5. The highest BCUT2D eigenvalue weighted by molar-refractivity contribution is 6.34. The Bertz CT molecular complexity index is 320. The fraction of sp³-hybridized carbons (Fsp3) is 0.143. The van der Waals surface area contributed by atoms with Crippen molar-refractivity contribution < 1.29 is 5.11 Å². The normalized spacial score (nSPS) is 12.5. The average Bonchev–Trinajstić information content (AvgIpc) is 2.02. The van der Waals surface area contributed by atoms with Gasteiger partial charge >= 0.3 is 0 Å². The molecule has 0 spiro atoms. The standard InChI is InChI=1S/C7H7Cl2N3O/c1-2-3(13)4-5(8)11-7(10)12-6(4)9/h2-3,13H,1H2,(H2,10,11,12). The number of halogens is 2. The van der Waals surface area contributed by atoms with Crippen LogP contribution in [0.4, 0.5) is 5.95 Å². The van der Waals surface area contributed by atoms with Gasteiger partial charge in [0.2, 0.25) is 5.95 Å². The van der Waals surface area contributed by atoms with Crippen LogP contribution in [0, 0.1) is 0 Å². The van der Waals surface area contributed by atoms with E-state index in [2.05, 4.69) is 16.5 Å². The van der Waals surface area contributed by atoms with E-state index in [-0.39, 0.29) is 21.8 Å². The number of hydrogen-bond donors (Lipinski definition) is 2. The Morgan fingerprint density at radius 1 is 1.38 bits per heavy atom. The molecule has 1 aromatic heterocycles. The minimum Gasteiger partial charge on any atom is -0.384 e. The van der Waals surface area contributed by atoms with E-state index in [1.165, 1.54) is 6.08 Å². The number of nitrogen functional groups attached to an aromatic ring is 1. The van der Waals surface area contributed by atoms with Gasteiger partial charge in [-0.1, -0.05) is 29.3 Å². The molecule has 0 fully saturated rings. The zero-order valence-corrected chi connectivity index (χ0v) is 8.05. The lowest BCUT2D eigenvalue weighted by atomic mass is 10.2. The summed E-state index contributed by atoms with van der Waals surface area (Å²) < 4.78 is 0. The van der Waals surface area contributed by atoms with Crippen LogP contribution < -0.4 is 5.73 Å². The first kappa shape index (κ1) is 10.2. The van der Waals surface area contributed by atoms with Gasteiger partial charge in [-0.3, -0.25) is 0 Å². The lowest BCUT2D eigenvalue weighted by molar-refractivity contribution is 0.228. The van der Waals surface area contributed by atoms with Crippen molar-refractivity contribution in [2.75, 3.05) is 5.73 Å². The summed E-state index contributed by atoms with van der Waals surface area (Å²) in [7, 11) is 0. The zero-order valence-electron chi connectivity index (χ0n) is 6.54. The zero-order chi connectivity index (χ0) is 10.0. The van der Waals surface area contributed by atoms with Crippen molar-refractivity contribution in [1.82, 2.24) is 9.97 Å². The van der Waals surface area contributed by atoms with Crippen LogP contribution >= 0.6 is 23.2 Å². The van der Waals surface area contributed by atoms with Gasteiger partial charge in [0, 0.05) is 0 Å². The van der Waals surface area contributed by atoms with E-state index in [9.17, 15) is 5.11 Å². The van der Waals surface area contributed by atoms with Gasteiger partial charge in [-0.05, 0) is 0 Å². The number of rotatable bonds is 2. The second-order valence-corrected chi connectivity index (χ2v) is 2.97. The molecule has 0 bridgehead atoms. The number of anilines is 1. The van der Waals surface area contributed by atoms with E-state index in [1.54, 1.807) is 0 Å².